The molecule has 1 N–H and O–H groups in total. The molecule has 20 heavy (non-hydrogen) atoms. The molecule has 118 valence electrons. The lowest BCUT2D eigenvalue weighted by Crippen LogP contribution is -3.00. The van der Waals surface area contributed by atoms with Crippen LogP contribution in [-0.2, 0) is 13.0 Å². The van der Waals surface area contributed by atoms with E-state index in [1.54, 1.807) is 0 Å². The molecule has 1 aromatic heterocycles. The van der Waals surface area contributed by atoms with Gasteiger partial charge in [0.1, 0.15) is 12.4 Å². The highest BCUT2D eigenvalue weighted by atomic mass is 79.9. The van der Waals surface area contributed by atoms with Gasteiger partial charge in [0.2, 0.25) is 0 Å². The Labute approximate surface area is 136 Å². The molecule has 0 spiro atoms. The SMILES string of the molecule is CCCCCCCCc1[nH]cc[n+]1CCCCCC.[Br-]. The first kappa shape index (κ1) is 19.7. The second kappa shape index (κ2) is 13.7. The summed E-state index contributed by atoms with van der Waals surface area (Å²) in [6.07, 6.45) is 19.2. The van der Waals surface area contributed by atoms with Crippen molar-refractivity contribution in [3.8, 4) is 0 Å². The minimum Gasteiger partial charge on any atom is -1.00 e. The summed E-state index contributed by atoms with van der Waals surface area (Å²) >= 11 is 0. The van der Waals surface area contributed by atoms with Gasteiger partial charge < -0.3 is 17.0 Å². The highest BCUT2D eigenvalue weighted by Gasteiger charge is 2.09. The molecule has 0 aliphatic rings. The zero-order valence-corrected chi connectivity index (χ0v) is 15.1. The minimum absolute atomic E-state index is 0. The maximum atomic E-state index is 3.41. The smallest absolute Gasteiger partial charge is 0.254 e. The Bertz CT molecular complexity index is 310. The van der Waals surface area contributed by atoms with E-state index in [2.05, 4.69) is 35.8 Å². The van der Waals surface area contributed by atoms with Crippen LogP contribution in [0.2, 0.25) is 0 Å². The largest absolute Gasteiger partial charge is 1.00 e. The number of nitrogens with zero attached hydrogens (tertiary/aromatic N) is 1. The summed E-state index contributed by atoms with van der Waals surface area (Å²) < 4.78 is 2.42. The zero-order chi connectivity index (χ0) is 13.8. The predicted molar refractivity (Wildman–Crippen MR) is 82.2 cm³/mol. The molecule has 0 fully saturated rings. The van der Waals surface area contributed by atoms with Crippen LogP contribution in [0.1, 0.15) is 83.9 Å². The van der Waals surface area contributed by atoms with Crippen LogP contribution in [0.3, 0.4) is 0 Å². The number of nitrogens with one attached hydrogen (secondary N) is 1. The number of hydrogen-bond acceptors (Lipinski definition) is 0. The molecule has 3 heteroatoms. The molecule has 0 aliphatic heterocycles. The Kier molecular flexibility index (Phi) is 13.5. The van der Waals surface area contributed by atoms with Crippen molar-refractivity contribution in [3.05, 3.63) is 18.2 Å². The zero-order valence-electron chi connectivity index (χ0n) is 13.5. The number of aromatic amines is 1. The number of aryl methyl sites for hydroxylation is 2. The van der Waals surface area contributed by atoms with E-state index in [0.29, 0.717) is 0 Å². The van der Waals surface area contributed by atoms with Crippen molar-refractivity contribution < 1.29 is 21.5 Å². The fourth-order valence-corrected chi connectivity index (χ4v) is 2.60. The number of rotatable bonds is 12. The van der Waals surface area contributed by atoms with Gasteiger partial charge in [-0.05, 0) is 19.3 Å². The molecule has 0 aromatic carbocycles. The van der Waals surface area contributed by atoms with Gasteiger partial charge in [-0.15, -0.1) is 0 Å². The first-order valence-corrected chi connectivity index (χ1v) is 8.44. The molecule has 0 saturated heterocycles. The molecule has 1 heterocycles. The summed E-state index contributed by atoms with van der Waals surface area (Å²) in [7, 11) is 0. The molecule has 1 aromatic rings. The molecular formula is C17H33BrN2. The standard InChI is InChI=1S/C17H32N2.BrH/c1-3-5-7-9-10-11-13-17-18-14-16-19(17)15-12-8-6-4-2;/h14,16H,3-13,15H2,1-2H3;1H. The van der Waals surface area contributed by atoms with Crippen LogP contribution in [0.15, 0.2) is 12.4 Å². The van der Waals surface area contributed by atoms with Gasteiger partial charge in [-0.2, -0.15) is 0 Å². The van der Waals surface area contributed by atoms with Gasteiger partial charge in [-0.3, -0.25) is 0 Å². The van der Waals surface area contributed by atoms with Crippen molar-refractivity contribution in [1.82, 2.24) is 4.98 Å². The molecule has 1 rings (SSSR count). The second-order valence-corrected chi connectivity index (χ2v) is 5.68. The molecule has 0 aliphatic carbocycles. The maximum Gasteiger partial charge on any atom is 0.254 e. The monoisotopic (exact) mass is 344 g/mol. The lowest BCUT2D eigenvalue weighted by molar-refractivity contribution is -0.703. The third kappa shape index (κ3) is 8.78. The van der Waals surface area contributed by atoms with Gasteiger partial charge in [0.25, 0.3) is 5.82 Å². The third-order valence-electron chi connectivity index (χ3n) is 3.87. The fraction of sp³-hybridized carbons (Fsp3) is 0.824. The first-order valence-electron chi connectivity index (χ1n) is 8.44. The van der Waals surface area contributed by atoms with Crippen molar-refractivity contribution in [2.24, 2.45) is 0 Å². The summed E-state index contributed by atoms with van der Waals surface area (Å²) in [6.45, 7) is 5.74. The van der Waals surface area contributed by atoms with E-state index in [1.165, 1.54) is 83.0 Å². The number of imidazole rings is 1. The average molecular weight is 345 g/mol. The Balaban J connectivity index is 0.00000361. The maximum absolute atomic E-state index is 3.41. The van der Waals surface area contributed by atoms with Gasteiger partial charge in [0.05, 0.1) is 6.54 Å². The van der Waals surface area contributed by atoms with Gasteiger partial charge in [-0.25, -0.2) is 9.55 Å². The Morgan fingerprint density at radius 3 is 2.15 bits per heavy atom. The molecule has 0 bridgehead atoms. The van der Waals surface area contributed by atoms with Crippen LogP contribution in [0.5, 0.6) is 0 Å². The van der Waals surface area contributed by atoms with Crippen LogP contribution in [0.25, 0.3) is 0 Å². The van der Waals surface area contributed by atoms with E-state index in [0.717, 1.165) is 0 Å². The van der Waals surface area contributed by atoms with E-state index >= 15 is 0 Å². The Morgan fingerprint density at radius 2 is 1.45 bits per heavy atom. The number of halogens is 1. The molecule has 0 atom stereocenters. The quantitative estimate of drug-likeness (QED) is 0.440. The van der Waals surface area contributed by atoms with E-state index < -0.39 is 0 Å². The second-order valence-electron chi connectivity index (χ2n) is 5.68. The number of hydrogen-bond donors (Lipinski definition) is 1. The fourth-order valence-electron chi connectivity index (χ4n) is 2.60. The van der Waals surface area contributed by atoms with Gasteiger partial charge >= 0.3 is 0 Å². The lowest BCUT2D eigenvalue weighted by atomic mass is 10.1. The Morgan fingerprint density at radius 1 is 0.850 bits per heavy atom. The molecular weight excluding hydrogens is 312 g/mol. The van der Waals surface area contributed by atoms with E-state index in [4.69, 9.17) is 0 Å². The van der Waals surface area contributed by atoms with Crippen molar-refractivity contribution in [2.75, 3.05) is 0 Å². The predicted octanol–water partition coefficient (Wildman–Crippen LogP) is 1.79. The lowest BCUT2D eigenvalue weighted by Gasteiger charge is -2.02. The van der Waals surface area contributed by atoms with E-state index in [9.17, 15) is 0 Å². The average Bonchev–Trinajstić information content (AvgIpc) is 2.86. The van der Waals surface area contributed by atoms with Crippen LogP contribution in [0.4, 0.5) is 0 Å². The minimum atomic E-state index is 0. The highest BCUT2D eigenvalue weighted by Crippen LogP contribution is 2.07. The molecule has 0 radical (unpaired) electrons. The van der Waals surface area contributed by atoms with Crippen molar-refractivity contribution in [2.45, 2.75) is 91.0 Å². The van der Waals surface area contributed by atoms with Crippen molar-refractivity contribution >= 4 is 0 Å². The van der Waals surface area contributed by atoms with Crippen LogP contribution < -0.4 is 21.5 Å². The van der Waals surface area contributed by atoms with Gasteiger partial charge in [0.15, 0.2) is 0 Å². The van der Waals surface area contributed by atoms with Crippen LogP contribution >= 0.6 is 0 Å². The molecule has 0 saturated carbocycles. The molecule has 0 unspecified atom stereocenters. The van der Waals surface area contributed by atoms with Crippen molar-refractivity contribution in [3.63, 3.8) is 0 Å². The summed E-state index contributed by atoms with van der Waals surface area (Å²) in [4.78, 5) is 3.41. The van der Waals surface area contributed by atoms with Gasteiger partial charge in [-0.1, -0.05) is 58.8 Å². The van der Waals surface area contributed by atoms with Crippen molar-refractivity contribution in [1.29, 1.82) is 0 Å². The topological polar surface area (TPSA) is 19.7 Å². The summed E-state index contributed by atoms with van der Waals surface area (Å²) in [5, 5.41) is 0. The highest BCUT2D eigenvalue weighted by molar-refractivity contribution is 4.77. The molecule has 2 nitrogen and oxygen atoms in total. The van der Waals surface area contributed by atoms with Crippen LogP contribution in [0, 0.1) is 0 Å². The van der Waals surface area contributed by atoms with Gasteiger partial charge in [0, 0.05) is 6.42 Å². The summed E-state index contributed by atoms with van der Waals surface area (Å²) in [5.74, 6) is 1.42. The molecule has 0 amide bonds. The number of unbranched alkanes of at least 4 members (excludes halogenated alkanes) is 8. The van der Waals surface area contributed by atoms with E-state index in [-0.39, 0.29) is 17.0 Å². The summed E-state index contributed by atoms with van der Waals surface area (Å²) in [6, 6.07) is 0. The van der Waals surface area contributed by atoms with E-state index in [1.807, 2.05) is 0 Å². The van der Waals surface area contributed by atoms with Crippen LogP contribution in [-0.4, -0.2) is 4.98 Å². The summed E-state index contributed by atoms with van der Waals surface area (Å²) in [5.41, 5.74) is 0. The number of aromatic nitrogens is 2. The first-order chi connectivity index (χ1) is 9.38. The number of H-pyrrole nitrogens is 1. The normalized spacial score (nSPS) is 10.5. The third-order valence-corrected chi connectivity index (χ3v) is 3.87. The Hall–Kier alpha value is -0.310.